The molecule has 1 aromatic carbocycles. The van der Waals surface area contributed by atoms with Gasteiger partial charge in [0.2, 0.25) is 0 Å². The van der Waals surface area contributed by atoms with Crippen LogP contribution in [0, 0.1) is 0 Å². The van der Waals surface area contributed by atoms with E-state index in [1.807, 2.05) is 38.1 Å². The Morgan fingerprint density at radius 1 is 1.12 bits per heavy atom. The van der Waals surface area contributed by atoms with Crippen molar-refractivity contribution in [2.24, 2.45) is 0 Å². The van der Waals surface area contributed by atoms with E-state index >= 15 is 0 Å². The highest BCUT2D eigenvalue weighted by Crippen LogP contribution is 2.17. The summed E-state index contributed by atoms with van der Waals surface area (Å²) in [6, 6.07) is 7.42. The third-order valence-electron chi connectivity index (χ3n) is 3.14. The van der Waals surface area contributed by atoms with Crippen LogP contribution in [0.15, 0.2) is 35.5 Å². The molecule has 0 spiro atoms. The molecule has 0 saturated carbocycles. The van der Waals surface area contributed by atoms with E-state index in [9.17, 15) is 4.79 Å². The van der Waals surface area contributed by atoms with E-state index in [0.717, 1.165) is 24.4 Å². The van der Waals surface area contributed by atoms with Crippen LogP contribution in [0.1, 0.15) is 34.1 Å². The Labute approximate surface area is 149 Å². The minimum Gasteiger partial charge on any atom is -0.494 e. The fourth-order valence-electron chi connectivity index (χ4n) is 2.01. The fraction of sp³-hybridized carbons (Fsp3) is 0.444. The summed E-state index contributed by atoms with van der Waals surface area (Å²) in [5.41, 5.74) is 1.85. The average molecular weight is 350 g/mol. The summed E-state index contributed by atoms with van der Waals surface area (Å²) in [4.78, 5) is 12.6. The van der Waals surface area contributed by atoms with Gasteiger partial charge in [0.25, 0.3) is 0 Å². The van der Waals surface area contributed by atoms with Gasteiger partial charge in [-0.1, -0.05) is 19.1 Å². The van der Waals surface area contributed by atoms with E-state index in [1.165, 1.54) is 0 Å². The number of carbonyl (C=O) groups is 1. The molecule has 0 aliphatic carbocycles. The predicted octanol–water partition coefficient (Wildman–Crippen LogP) is 3.66. The van der Waals surface area contributed by atoms with Crippen LogP contribution in [0.4, 0.5) is 5.69 Å². The quantitative estimate of drug-likeness (QED) is 0.403. The molecule has 0 radical (unpaired) electrons. The van der Waals surface area contributed by atoms with Crippen molar-refractivity contribution in [1.29, 1.82) is 0 Å². The summed E-state index contributed by atoms with van der Waals surface area (Å²) in [6.07, 6.45) is 0.951. The molecule has 0 saturated heterocycles. The number of carbonyl (C=O) groups excluding carboxylic acids is 1. The number of ether oxygens (including phenoxy) is 2. The molecule has 0 aliphatic rings. The first-order valence-corrected chi connectivity index (χ1v) is 8.60. The highest BCUT2D eigenvalue weighted by molar-refractivity contribution is 7.81. The van der Waals surface area contributed by atoms with Crippen LogP contribution in [0.2, 0.25) is 0 Å². The number of allylic oxidation sites excluding steroid dienone is 1. The van der Waals surface area contributed by atoms with E-state index in [4.69, 9.17) is 21.7 Å². The molecule has 0 aliphatic heterocycles. The fourth-order valence-corrected chi connectivity index (χ4v) is 2.37. The lowest BCUT2D eigenvalue weighted by atomic mass is 10.2. The van der Waals surface area contributed by atoms with Crippen LogP contribution in [0.3, 0.4) is 0 Å². The Kier molecular flexibility index (Phi) is 8.86. The standard InChI is InChI=1S/C18H26N2O3S/c1-5-12-19-13(4)16(18(21)23-7-3)17(24)20-14-8-10-15(11-9-14)22-6-2/h8-11,19H,5-7,12H2,1-4H3,(H,20,24)/b16-13-. The monoisotopic (exact) mass is 350 g/mol. The van der Waals surface area contributed by atoms with Gasteiger partial charge in [0.05, 0.1) is 13.2 Å². The molecule has 0 atom stereocenters. The van der Waals surface area contributed by atoms with Crippen molar-refractivity contribution in [3.05, 3.63) is 35.5 Å². The van der Waals surface area contributed by atoms with Crippen molar-refractivity contribution in [3.8, 4) is 5.75 Å². The van der Waals surface area contributed by atoms with Crippen LogP contribution >= 0.6 is 12.2 Å². The van der Waals surface area contributed by atoms with E-state index in [0.29, 0.717) is 29.5 Å². The zero-order valence-electron chi connectivity index (χ0n) is 14.8. The third kappa shape index (κ3) is 6.20. The summed E-state index contributed by atoms with van der Waals surface area (Å²) in [6.45, 7) is 9.27. The Bertz CT molecular complexity index is 582. The normalized spacial score (nSPS) is 11.3. The number of thiocarbonyl (C=S) groups is 1. The minimum absolute atomic E-state index is 0.301. The number of benzene rings is 1. The molecule has 0 amide bonds. The van der Waals surface area contributed by atoms with E-state index in [1.54, 1.807) is 6.92 Å². The van der Waals surface area contributed by atoms with Gasteiger partial charge < -0.3 is 20.1 Å². The van der Waals surface area contributed by atoms with Gasteiger partial charge in [-0.3, -0.25) is 0 Å². The highest BCUT2D eigenvalue weighted by atomic mass is 32.1. The zero-order chi connectivity index (χ0) is 17.9. The van der Waals surface area contributed by atoms with Crippen molar-refractivity contribution in [2.45, 2.75) is 34.1 Å². The van der Waals surface area contributed by atoms with Crippen LogP contribution in [-0.4, -0.2) is 30.7 Å². The third-order valence-corrected chi connectivity index (χ3v) is 3.45. The van der Waals surface area contributed by atoms with Gasteiger partial charge in [-0.15, -0.1) is 0 Å². The smallest absolute Gasteiger partial charge is 0.342 e. The molecule has 0 heterocycles. The Balaban J connectivity index is 2.92. The Morgan fingerprint density at radius 2 is 1.79 bits per heavy atom. The summed E-state index contributed by atoms with van der Waals surface area (Å²) >= 11 is 5.42. The molecular weight excluding hydrogens is 324 g/mol. The van der Waals surface area contributed by atoms with Gasteiger partial charge >= 0.3 is 5.97 Å². The van der Waals surface area contributed by atoms with Gasteiger partial charge in [-0.25, -0.2) is 4.79 Å². The molecule has 0 bridgehead atoms. The molecular formula is C18H26N2O3S. The van der Waals surface area contributed by atoms with Crippen molar-refractivity contribution < 1.29 is 14.3 Å². The number of rotatable bonds is 9. The molecule has 6 heteroatoms. The minimum atomic E-state index is -0.429. The molecule has 24 heavy (non-hydrogen) atoms. The maximum atomic E-state index is 12.3. The van der Waals surface area contributed by atoms with Gasteiger partial charge in [-0.2, -0.15) is 0 Å². The van der Waals surface area contributed by atoms with Crippen molar-refractivity contribution in [1.82, 2.24) is 5.32 Å². The van der Waals surface area contributed by atoms with Crippen LogP contribution in [0.5, 0.6) is 5.75 Å². The largest absolute Gasteiger partial charge is 0.494 e. The van der Waals surface area contributed by atoms with E-state index in [2.05, 4.69) is 17.6 Å². The summed E-state index contributed by atoms with van der Waals surface area (Å²) < 4.78 is 10.5. The predicted molar refractivity (Wildman–Crippen MR) is 101 cm³/mol. The second kappa shape index (κ2) is 10.6. The maximum Gasteiger partial charge on any atom is 0.342 e. The average Bonchev–Trinajstić information content (AvgIpc) is 2.55. The Morgan fingerprint density at radius 3 is 2.33 bits per heavy atom. The summed E-state index contributed by atoms with van der Waals surface area (Å²) in [7, 11) is 0. The van der Waals surface area contributed by atoms with Crippen molar-refractivity contribution in [3.63, 3.8) is 0 Å². The van der Waals surface area contributed by atoms with Gasteiger partial charge in [0, 0.05) is 17.9 Å². The molecule has 1 aromatic rings. The number of hydrogen-bond donors (Lipinski definition) is 2. The molecule has 0 fully saturated rings. The van der Waals surface area contributed by atoms with Gasteiger partial charge in [0.15, 0.2) is 0 Å². The van der Waals surface area contributed by atoms with Crippen LogP contribution < -0.4 is 15.4 Å². The topological polar surface area (TPSA) is 59.6 Å². The van der Waals surface area contributed by atoms with Crippen molar-refractivity contribution >= 4 is 28.9 Å². The van der Waals surface area contributed by atoms with E-state index < -0.39 is 5.97 Å². The summed E-state index contributed by atoms with van der Waals surface area (Å²) in [5.74, 6) is 0.359. The highest BCUT2D eigenvalue weighted by Gasteiger charge is 2.19. The SMILES string of the molecule is CCCN/C(C)=C(\C(=O)OCC)C(=S)Nc1ccc(OCC)cc1. The number of nitrogens with one attached hydrogen (secondary N) is 2. The summed E-state index contributed by atoms with van der Waals surface area (Å²) in [5, 5.41) is 6.28. The first kappa shape index (κ1) is 20.0. The zero-order valence-corrected chi connectivity index (χ0v) is 15.6. The lowest BCUT2D eigenvalue weighted by Crippen LogP contribution is -2.26. The molecule has 2 N–H and O–H groups in total. The molecule has 1 rings (SSSR count). The molecule has 0 aromatic heterocycles. The first-order valence-electron chi connectivity index (χ1n) is 8.19. The Hall–Kier alpha value is -2.08. The molecule has 5 nitrogen and oxygen atoms in total. The first-order chi connectivity index (χ1) is 11.5. The van der Waals surface area contributed by atoms with Crippen LogP contribution in [0.25, 0.3) is 0 Å². The van der Waals surface area contributed by atoms with Crippen LogP contribution in [-0.2, 0) is 9.53 Å². The molecule has 0 unspecified atom stereocenters. The second-order valence-corrected chi connectivity index (χ2v) is 5.47. The number of anilines is 1. The van der Waals surface area contributed by atoms with Crippen molar-refractivity contribution in [2.75, 3.05) is 25.1 Å². The van der Waals surface area contributed by atoms with Gasteiger partial charge in [-0.05, 0) is 51.5 Å². The lowest BCUT2D eigenvalue weighted by molar-refractivity contribution is -0.137. The number of hydrogen-bond acceptors (Lipinski definition) is 5. The second-order valence-electron chi connectivity index (χ2n) is 5.06. The van der Waals surface area contributed by atoms with Gasteiger partial charge in [0.1, 0.15) is 16.3 Å². The maximum absolute atomic E-state index is 12.3. The lowest BCUT2D eigenvalue weighted by Gasteiger charge is -2.15. The number of esters is 1. The molecule has 132 valence electrons. The van der Waals surface area contributed by atoms with E-state index in [-0.39, 0.29) is 0 Å².